The van der Waals surface area contributed by atoms with Crippen LogP contribution in [0, 0.1) is 0 Å². The first-order chi connectivity index (χ1) is 8.08. The minimum Gasteiger partial charge on any atom is -0.478 e. The highest BCUT2D eigenvalue weighted by Gasteiger charge is 2.06. The number of aromatic carboxylic acids is 1. The Bertz CT molecular complexity index is 572. The number of benzene rings is 1. The summed E-state index contributed by atoms with van der Waals surface area (Å²) >= 11 is 0. The highest BCUT2D eigenvalue weighted by atomic mass is 16.4. The topological polar surface area (TPSA) is 98.2 Å². The van der Waals surface area contributed by atoms with Gasteiger partial charge in [-0.05, 0) is 24.3 Å². The quantitative estimate of drug-likeness (QED) is 0.810. The molecule has 0 aliphatic heterocycles. The van der Waals surface area contributed by atoms with E-state index in [0.717, 1.165) is 0 Å². The Morgan fingerprint density at radius 3 is 2.29 bits per heavy atom. The summed E-state index contributed by atoms with van der Waals surface area (Å²) in [5.74, 6) is -1.55. The molecule has 17 heavy (non-hydrogen) atoms. The lowest BCUT2D eigenvalue weighted by molar-refractivity contribution is 0.0696. The van der Waals surface area contributed by atoms with Crippen molar-refractivity contribution in [2.24, 2.45) is 5.73 Å². The number of hydrogen-bond acceptors (Lipinski definition) is 3. The Kier molecular flexibility index (Phi) is 2.61. The van der Waals surface area contributed by atoms with Crippen LogP contribution in [0.5, 0.6) is 0 Å². The average Bonchev–Trinajstić information content (AvgIpc) is 2.78. The molecule has 2 aromatic rings. The zero-order valence-electron chi connectivity index (χ0n) is 8.70. The van der Waals surface area contributed by atoms with Crippen molar-refractivity contribution in [3.8, 4) is 5.69 Å². The first kappa shape index (κ1) is 10.9. The minimum atomic E-state index is -0.991. The molecular formula is C11H9N3O3. The zero-order chi connectivity index (χ0) is 12.4. The predicted octanol–water partition coefficient (Wildman–Crippen LogP) is 0.669. The standard InChI is InChI=1S/C11H9N3O3/c12-10(15)8-5-13-14(6-8)9-3-1-7(2-4-9)11(16)17/h1-6H,(H2,12,15)(H,16,17). The number of amides is 1. The Morgan fingerprint density at radius 2 is 1.82 bits per heavy atom. The van der Waals surface area contributed by atoms with Gasteiger partial charge in [-0.2, -0.15) is 5.10 Å². The van der Waals surface area contributed by atoms with Gasteiger partial charge in [0, 0.05) is 6.20 Å². The molecule has 0 saturated heterocycles. The first-order valence-electron chi connectivity index (χ1n) is 4.76. The van der Waals surface area contributed by atoms with E-state index < -0.39 is 11.9 Å². The average molecular weight is 231 g/mol. The van der Waals surface area contributed by atoms with Gasteiger partial charge in [-0.25, -0.2) is 9.48 Å². The van der Waals surface area contributed by atoms with E-state index in [1.54, 1.807) is 12.1 Å². The second-order valence-corrected chi connectivity index (χ2v) is 3.39. The third kappa shape index (κ3) is 2.15. The maximum absolute atomic E-state index is 10.9. The Hall–Kier alpha value is -2.63. The fraction of sp³-hybridized carbons (Fsp3) is 0. The van der Waals surface area contributed by atoms with Gasteiger partial charge in [0.15, 0.2) is 0 Å². The molecule has 0 fully saturated rings. The number of nitrogens with zero attached hydrogens (tertiary/aromatic N) is 2. The van der Waals surface area contributed by atoms with Crippen molar-refractivity contribution in [1.82, 2.24) is 9.78 Å². The third-order valence-corrected chi connectivity index (χ3v) is 2.25. The molecule has 0 aliphatic carbocycles. The van der Waals surface area contributed by atoms with Gasteiger partial charge >= 0.3 is 5.97 Å². The maximum Gasteiger partial charge on any atom is 0.335 e. The van der Waals surface area contributed by atoms with Crippen LogP contribution in [0.4, 0.5) is 0 Å². The second-order valence-electron chi connectivity index (χ2n) is 3.39. The van der Waals surface area contributed by atoms with Gasteiger partial charge in [0.1, 0.15) is 0 Å². The molecule has 1 aromatic carbocycles. The van der Waals surface area contributed by atoms with Crippen LogP contribution in [-0.2, 0) is 0 Å². The molecule has 0 unspecified atom stereocenters. The SMILES string of the molecule is NC(=O)c1cnn(-c2ccc(C(=O)O)cc2)c1. The van der Waals surface area contributed by atoms with Crippen molar-refractivity contribution < 1.29 is 14.7 Å². The summed E-state index contributed by atoms with van der Waals surface area (Å²) in [7, 11) is 0. The maximum atomic E-state index is 10.9. The number of carboxylic acid groups (broad SMARTS) is 1. The molecule has 6 heteroatoms. The van der Waals surface area contributed by atoms with E-state index in [4.69, 9.17) is 10.8 Å². The number of carboxylic acids is 1. The van der Waals surface area contributed by atoms with Gasteiger partial charge in [-0.1, -0.05) is 0 Å². The van der Waals surface area contributed by atoms with Crippen molar-refractivity contribution in [2.75, 3.05) is 0 Å². The number of primary amides is 1. The van der Waals surface area contributed by atoms with E-state index in [1.807, 2.05) is 0 Å². The summed E-state index contributed by atoms with van der Waals surface area (Å²) in [6, 6.07) is 6.12. The molecule has 0 spiro atoms. The summed E-state index contributed by atoms with van der Waals surface area (Å²) in [5, 5.41) is 12.7. The smallest absolute Gasteiger partial charge is 0.335 e. The van der Waals surface area contributed by atoms with Crippen molar-refractivity contribution in [3.05, 3.63) is 47.8 Å². The normalized spacial score (nSPS) is 10.1. The van der Waals surface area contributed by atoms with Crippen LogP contribution < -0.4 is 5.73 Å². The van der Waals surface area contributed by atoms with E-state index in [-0.39, 0.29) is 5.56 Å². The van der Waals surface area contributed by atoms with Crippen LogP contribution in [0.2, 0.25) is 0 Å². The Labute approximate surface area is 96.3 Å². The van der Waals surface area contributed by atoms with Crippen molar-refractivity contribution in [1.29, 1.82) is 0 Å². The zero-order valence-corrected chi connectivity index (χ0v) is 8.70. The third-order valence-electron chi connectivity index (χ3n) is 2.25. The molecule has 1 amide bonds. The van der Waals surface area contributed by atoms with Crippen LogP contribution in [0.1, 0.15) is 20.7 Å². The Morgan fingerprint density at radius 1 is 1.18 bits per heavy atom. The van der Waals surface area contributed by atoms with E-state index in [0.29, 0.717) is 11.3 Å². The summed E-state index contributed by atoms with van der Waals surface area (Å²) < 4.78 is 1.45. The number of carbonyl (C=O) groups is 2. The molecule has 6 nitrogen and oxygen atoms in total. The minimum absolute atomic E-state index is 0.191. The van der Waals surface area contributed by atoms with Crippen molar-refractivity contribution in [3.63, 3.8) is 0 Å². The number of carbonyl (C=O) groups excluding carboxylic acids is 1. The van der Waals surface area contributed by atoms with Crippen LogP contribution in [0.25, 0.3) is 5.69 Å². The molecule has 0 atom stereocenters. The highest BCUT2D eigenvalue weighted by molar-refractivity contribution is 5.92. The molecule has 0 radical (unpaired) electrons. The van der Waals surface area contributed by atoms with Gasteiger partial charge < -0.3 is 10.8 Å². The summed E-state index contributed by atoms with van der Waals surface area (Å²) in [6.45, 7) is 0. The van der Waals surface area contributed by atoms with Gasteiger partial charge in [0.2, 0.25) is 0 Å². The molecule has 2 rings (SSSR count). The molecule has 0 bridgehead atoms. The second kappa shape index (κ2) is 4.09. The summed E-state index contributed by atoms with van der Waals surface area (Å²) in [5.41, 5.74) is 6.24. The van der Waals surface area contributed by atoms with Crippen molar-refractivity contribution >= 4 is 11.9 Å². The highest BCUT2D eigenvalue weighted by Crippen LogP contribution is 2.10. The lowest BCUT2D eigenvalue weighted by atomic mass is 10.2. The number of aromatic nitrogens is 2. The Balaban J connectivity index is 2.33. The van der Waals surface area contributed by atoms with E-state index in [2.05, 4.69) is 5.10 Å². The molecule has 1 aromatic heterocycles. The van der Waals surface area contributed by atoms with Crippen LogP contribution in [0.15, 0.2) is 36.7 Å². The van der Waals surface area contributed by atoms with E-state index in [9.17, 15) is 9.59 Å². The van der Waals surface area contributed by atoms with Crippen LogP contribution in [0.3, 0.4) is 0 Å². The van der Waals surface area contributed by atoms with Crippen molar-refractivity contribution in [2.45, 2.75) is 0 Å². The molecular weight excluding hydrogens is 222 g/mol. The van der Waals surface area contributed by atoms with Gasteiger partial charge in [0.05, 0.1) is 23.0 Å². The molecule has 3 N–H and O–H groups in total. The first-order valence-corrected chi connectivity index (χ1v) is 4.76. The van der Waals surface area contributed by atoms with Crippen LogP contribution >= 0.6 is 0 Å². The number of rotatable bonds is 3. The summed E-state index contributed by atoms with van der Waals surface area (Å²) in [6.07, 6.45) is 2.84. The van der Waals surface area contributed by atoms with Crippen LogP contribution in [-0.4, -0.2) is 26.8 Å². The lowest BCUT2D eigenvalue weighted by Crippen LogP contribution is -2.09. The largest absolute Gasteiger partial charge is 0.478 e. The monoisotopic (exact) mass is 231 g/mol. The fourth-order valence-corrected chi connectivity index (χ4v) is 1.35. The lowest BCUT2D eigenvalue weighted by Gasteiger charge is -2.01. The predicted molar refractivity (Wildman–Crippen MR) is 59.0 cm³/mol. The van der Waals surface area contributed by atoms with E-state index >= 15 is 0 Å². The molecule has 0 aliphatic rings. The summed E-state index contributed by atoms with van der Waals surface area (Å²) in [4.78, 5) is 21.5. The van der Waals surface area contributed by atoms with Gasteiger partial charge in [0.25, 0.3) is 5.91 Å². The fourth-order valence-electron chi connectivity index (χ4n) is 1.35. The van der Waals surface area contributed by atoms with E-state index in [1.165, 1.54) is 29.2 Å². The van der Waals surface area contributed by atoms with Gasteiger partial charge in [-0.3, -0.25) is 4.79 Å². The number of nitrogens with two attached hydrogens (primary N) is 1. The number of hydrogen-bond donors (Lipinski definition) is 2. The molecule has 86 valence electrons. The molecule has 1 heterocycles. The molecule has 0 saturated carbocycles. The van der Waals surface area contributed by atoms with Gasteiger partial charge in [-0.15, -0.1) is 0 Å².